The van der Waals surface area contributed by atoms with Crippen LogP contribution in [0.1, 0.15) is 25.3 Å². The number of carboxylic acid groups (broad SMARTS) is 1. The van der Waals surface area contributed by atoms with Crippen molar-refractivity contribution in [3.8, 4) is 0 Å². The van der Waals surface area contributed by atoms with E-state index in [1.165, 1.54) is 0 Å². The van der Waals surface area contributed by atoms with Gasteiger partial charge in [0.25, 0.3) is 0 Å². The van der Waals surface area contributed by atoms with Crippen molar-refractivity contribution in [1.29, 1.82) is 0 Å². The van der Waals surface area contributed by atoms with E-state index in [0.29, 0.717) is 19.4 Å². The van der Waals surface area contributed by atoms with Gasteiger partial charge in [0.2, 0.25) is 0 Å². The van der Waals surface area contributed by atoms with E-state index in [2.05, 4.69) is 4.98 Å². The number of aromatic nitrogens is 1. The lowest BCUT2D eigenvalue weighted by atomic mass is 9.82. The molecule has 20 heavy (non-hydrogen) atoms. The third kappa shape index (κ3) is 2.86. The van der Waals surface area contributed by atoms with Crippen molar-refractivity contribution in [2.45, 2.75) is 25.9 Å². The number of hydrogen-bond acceptors (Lipinski definition) is 3. The predicted molar refractivity (Wildman–Crippen MR) is 66.4 cm³/mol. The van der Waals surface area contributed by atoms with Gasteiger partial charge in [-0.05, 0) is 31.9 Å². The number of carboxylic acids is 1. The summed E-state index contributed by atoms with van der Waals surface area (Å²) in [6.45, 7) is 2.28. The summed E-state index contributed by atoms with van der Waals surface area (Å²) in [6, 6.07) is 1.87. The Bertz CT molecular complexity index is 519. The first-order chi connectivity index (χ1) is 9.22. The summed E-state index contributed by atoms with van der Waals surface area (Å²) in [5.74, 6) is -0.763. The van der Waals surface area contributed by atoms with Crippen LogP contribution in [0.3, 0.4) is 0 Å². The Morgan fingerprint density at radius 3 is 2.80 bits per heavy atom. The van der Waals surface area contributed by atoms with E-state index in [1.54, 1.807) is 11.8 Å². The molecule has 1 aliphatic heterocycles. The second kappa shape index (κ2) is 4.96. The quantitative estimate of drug-likeness (QED) is 0.909. The summed E-state index contributed by atoms with van der Waals surface area (Å²) < 4.78 is 38.0. The van der Waals surface area contributed by atoms with Crippen LogP contribution in [0.5, 0.6) is 0 Å². The molecular formula is C13H15F3N2O2. The number of nitrogens with zero attached hydrogens (tertiary/aromatic N) is 2. The van der Waals surface area contributed by atoms with Gasteiger partial charge < -0.3 is 10.0 Å². The van der Waals surface area contributed by atoms with Crippen LogP contribution in [0, 0.1) is 5.41 Å². The number of pyridine rings is 1. The molecule has 1 N–H and O–H groups in total. The van der Waals surface area contributed by atoms with Gasteiger partial charge in [-0.15, -0.1) is 0 Å². The first kappa shape index (κ1) is 14.6. The fraction of sp³-hybridized carbons (Fsp3) is 0.538. The van der Waals surface area contributed by atoms with Crippen LogP contribution >= 0.6 is 0 Å². The van der Waals surface area contributed by atoms with Gasteiger partial charge in [0.1, 0.15) is 5.82 Å². The van der Waals surface area contributed by atoms with Crippen molar-refractivity contribution in [2.75, 3.05) is 18.0 Å². The number of alkyl halides is 3. The molecule has 0 radical (unpaired) electrons. The molecule has 0 saturated carbocycles. The molecule has 4 nitrogen and oxygen atoms in total. The average Bonchev–Trinajstić information content (AvgIpc) is 2.38. The number of rotatable bonds is 2. The predicted octanol–water partition coefficient (Wildman–Crippen LogP) is 2.79. The highest BCUT2D eigenvalue weighted by molar-refractivity contribution is 5.75. The minimum Gasteiger partial charge on any atom is -0.481 e. The molecule has 1 fully saturated rings. The van der Waals surface area contributed by atoms with E-state index in [1.807, 2.05) is 0 Å². The molecule has 0 amide bonds. The maximum absolute atomic E-state index is 12.7. The van der Waals surface area contributed by atoms with Crippen LogP contribution < -0.4 is 4.90 Å². The number of hydrogen-bond donors (Lipinski definition) is 1. The SMILES string of the molecule is CC1(C(=O)O)CCCN(c2cc(C(F)(F)F)ccn2)C1. The molecule has 110 valence electrons. The Kier molecular flexibility index (Phi) is 3.62. The summed E-state index contributed by atoms with van der Waals surface area (Å²) in [6.07, 6.45) is -2.20. The number of halogens is 3. The van der Waals surface area contributed by atoms with Crippen LogP contribution in [-0.4, -0.2) is 29.1 Å². The Hall–Kier alpha value is -1.79. The maximum Gasteiger partial charge on any atom is 0.416 e. The molecular weight excluding hydrogens is 273 g/mol. The summed E-state index contributed by atoms with van der Waals surface area (Å²) in [4.78, 5) is 16.8. The molecule has 1 atom stereocenters. The van der Waals surface area contributed by atoms with E-state index in [9.17, 15) is 23.1 Å². The molecule has 2 rings (SSSR count). The Morgan fingerprint density at radius 1 is 1.50 bits per heavy atom. The Balaban J connectivity index is 2.26. The molecule has 0 aromatic carbocycles. The van der Waals surface area contributed by atoms with Crippen LogP contribution in [-0.2, 0) is 11.0 Å². The van der Waals surface area contributed by atoms with Crippen molar-refractivity contribution in [3.63, 3.8) is 0 Å². The van der Waals surface area contributed by atoms with E-state index in [-0.39, 0.29) is 12.4 Å². The van der Waals surface area contributed by atoms with E-state index >= 15 is 0 Å². The highest BCUT2D eigenvalue weighted by Gasteiger charge is 2.39. The third-order valence-electron chi connectivity index (χ3n) is 3.61. The Morgan fingerprint density at radius 2 is 2.20 bits per heavy atom. The average molecular weight is 288 g/mol. The molecule has 1 unspecified atom stereocenters. The maximum atomic E-state index is 12.7. The fourth-order valence-corrected chi connectivity index (χ4v) is 2.38. The molecule has 1 aromatic rings. The lowest BCUT2D eigenvalue weighted by Crippen LogP contribution is -2.46. The van der Waals surface area contributed by atoms with Crippen LogP contribution in [0.2, 0.25) is 0 Å². The van der Waals surface area contributed by atoms with E-state index in [0.717, 1.165) is 18.3 Å². The zero-order chi connectivity index (χ0) is 15.0. The molecule has 1 saturated heterocycles. The van der Waals surface area contributed by atoms with Gasteiger partial charge in [-0.3, -0.25) is 4.79 Å². The molecule has 2 heterocycles. The zero-order valence-electron chi connectivity index (χ0n) is 10.9. The summed E-state index contributed by atoms with van der Waals surface area (Å²) in [5, 5.41) is 9.22. The number of piperidine rings is 1. The van der Waals surface area contributed by atoms with E-state index < -0.39 is 23.1 Å². The van der Waals surface area contributed by atoms with Crippen molar-refractivity contribution >= 4 is 11.8 Å². The van der Waals surface area contributed by atoms with Gasteiger partial charge in [0.15, 0.2) is 0 Å². The number of aliphatic carboxylic acids is 1. The number of anilines is 1. The first-order valence-electron chi connectivity index (χ1n) is 6.24. The lowest BCUT2D eigenvalue weighted by Gasteiger charge is -2.38. The molecule has 1 aliphatic rings. The minimum atomic E-state index is -4.43. The number of carbonyl (C=O) groups is 1. The zero-order valence-corrected chi connectivity index (χ0v) is 10.9. The lowest BCUT2D eigenvalue weighted by molar-refractivity contribution is -0.148. The van der Waals surface area contributed by atoms with Crippen LogP contribution in [0.15, 0.2) is 18.3 Å². The summed E-state index contributed by atoms with van der Waals surface area (Å²) >= 11 is 0. The third-order valence-corrected chi connectivity index (χ3v) is 3.61. The largest absolute Gasteiger partial charge is 0.481 e. The van der Waals surface area contributed by atoms with Gasteiger partial charge in [0.05, 0.1) is 11.0 Å². The molecule has 7 heteroatoms. The van der Waals surface area contributed by atoms with Gasteiger partial charge in [-0.2, -0.15) is 13.2 Å². The Labute approximate surface area is 114 Å². The van der Waals surface area contributed by atoms with Gasteiger partial charge in [-0.1, -0.05) is 0 Å². The summed E-state index contributed by atoms with van der Waals surface area (Å²) in [7, 11) is 0. The minimum absolute atomic E-state index is 0.163. The van der Waals surface area contributed by atoms with Gasteiger partial charge in [0, 0.05) is 19.3 Å². The second-order valence-corrected chi connectivity index (χ2v) is 5.29. The smallest absolute Gasteiger partial charge is 0.416 e. The first-order valence-corrected chi connectivity index (χ1v) is 6.24. The van der Waals surface area contributed by atoms with Crippen molar-refractivity contribution in [2.24, 2.45) is 5.41 Å². The van der Waals surface area contributed by atoms with Crippen molar-refractivity contribution < 1.29 is 23.1 Å². The molecule has 0 aliphatic carbocycles. The normalized spacial score (nSPS) is 23.7. The molecule has 0 spiro atoms. The molecule has 0 bridgehead atoms. The van der Waals surface area contributed by atoms with E-state index in [4.69, 9.17) is 0 Å². The standard InChI is InChI=1S/C13H15F3N2O2/c1-12(11(19)20)4-2-6-18(8-12)10-7-9(3-5-17-10)13(14,15)16/h3,5,7H,2,4,6,8H2,1H3,(H,19,20). The second-order valence-electron chi connectivity index (χ2n) is 5.29. The van der Waals surface area contributed by atoms with Crippen LogP contribution in [0.25, 0.3) is 0 Å². The fourth-order valence-electron chi connectivity index (χ4n) is 2.38. The van der Waals surface area contributed by atoms with Gasteiger partial charge >= 0.3 is 12.1 Å². The van der Waals surface area contributed by atoms with Gasteiger partial charge in [-0.25, -0.2) is 4.98 Å². The topological polar surface area (TPSA) is 53.4 Å². The summed E-state index contributed by atoms with van der Waals surface area (Å²) in [5.41, 5.74) is -1.72. The highest BCUT2D eigenvalue weighted by atomic mass is 19.4. The highest BCUT2D eigenvalue weighted by Crippen LogP contribution is 2.34. The van der Waals surface area contributed by atoms with Crippen LogP contribution in [0.4, 0.5) is 19.0 Å². The monoisotopic (exact) mass is 288 g/mol. The molecule has 1 aromatic heterocycles. The van der Waals surface area contributed by atoms with Crippen molar-refractivity contribution in [1.82, 2.24) is 4.98 Å². The van der Waals surface area contributed by atoms with Crippen molar-refractivity contribution in [3.05, 3.63) is 23.9 Å².